The predicted molar refractivity (Wildman–Crippen MR) is 69.4 cm³/mol. The molecule has 0 aliphatic carbocycles. The van der Waals surface area contributed by atoms with Crippen LogP contribution in [0.25, 0.3) is 6.08 Å². The van der Waals surface area contributed by atoms with E-state index in [1.165, 1.54) is 0 Å². The third-order valence-electron chi connectivity index (χ3n) is 2.91. The van der Waals surface area contributed by atoms with Gasteiger partial charge in [-0.25, -0.2) is 0 Å². The summed E-state index contributed by atoms with van der Waals surface area (Å²) in [6, 6.07) is 0. The molecule has 1 amide bonds. The van der Waals surface area contributed by atoms with E-state index in [0.29, 0.717) is 31.5 Å². The number of hydrogen-bond donors (Lipinski definition) is 0. The van der Waals surface area contributed by atoms with Gasteiger partial charge in [-0.05, 0) is 13.0 Å². The second kappa shape index (κ2) is 5.54. The molecule has 1 aromatic rings. The Bertz CT molecular complexity index is 476. The third-order valence-corrected chi connectivity index (χ3v) is 3.36. The SMILES string of the molecule is Cc1nn(C)c(Cl)c1C=CC(=O)N1CCOCC1. The predicted octanol–water partition coefficient (Wildman–Crippen LogP) is 1.25. The lowest BCUT2D eigenvalue weighted by Crippen LogP contribution is -2.39. The molecule has 1 fully saturated rings. The second-order valence-electron chi connectivity index (χ2n) is 4.18. The zero-order chi connectivity index (χ0) is 13.1. The van der Waals surface area contributed by atoms with E-state index in [4.69, 9.17) is 16.3 Å². The van der Waals surface area contributed by atoms with Gasteiger partial charge in [-0.3, -0.25) is 9.48 Å². The van der Waals surface area contributed by atoms with E-state index in [1.54, 1.807) is 28.8 Å². The molecule has 98 valence electrons. The van der Waals surface area contributed by atoms with Crippen molar-refractivity contribution in [1.29, 1.82) is 0 Å². The van der Waals surface area contributed by atoms with Crippen molar-refractivity contribution in [2.24, 2.45) is 7.05 Å². The van der Waals surface area contributed by atoms with Crippen LogP contribution in [0.2, 0.25) is 5.15 Å². The lowest BCUT2D eigenvalue weighted by Gasteiger charge is -2.25. The lowest BCUT2D eigenvalue weighted by atomic mass is 10.2. The maximum absolute atomic E-state index is 11.9. The minimum Gasteiger partial charge on any atom is -0.378 e. The maximum Gasteiger partial charge on any atom is 0.246 e. The van der Waals surface area contributed by atoms with E-state index < -0.39 is 0 Å². The van der Waals surface area contributed by atoms with Crippen LogP contribution < -0.4 is 0 Å². The lowest BCUT2D eigenvalue weighted by molar-refractivity contribution is -0.129. The average molecular weight is 270 g/mol. The van der Waals surface area contributed by atoms with Gasteiger partial charge in [0.2, 0.25) is 5.91 Å². The molecular weight excluding hydrogens is 254 g/mol. The highest BCUT2D eigenvalue weighted by Gasteiger charge is 2.15. The van der Waals surface area contributed by atoms with Crippen LogP contribution in [-0.4, -0.2) is 46.9 Å². The Kier molecular flexibility index (Phi) is 4.04. The van der Waals surface area contributed by atoms with Crippen LogP contribution in [0.15, 0.2) is 6.08 Å². The summed E-state index contributed by atoms with van der Waals surface area (Å²) in [5.41, 5.74) is 1.61. The van der Waals surface area contributed by atoms with Crippen LogP contribution in [-0.2, 0) is 16.6 Å². The molecule has 5 nitrogen and oxygen atoms in total. The van der Waals surface area contributed by atoms with E-state index >= 15 is 0 Å². The van der Waals surface area contributed by atoms with Gasteiger partial charge in [-0.2, -0.15) is 5.10 Å². The molecule has 1 aliphatic heterocycles. The van der Waals surface area contributed by atoms with Gasteiger partial charge in [0.15, 0.2) is 0 Å². The third kappa shape index (κ3) is 2.73. The summed E-state index contributed by atoms with van der Waals surface area (Å²) in [6.45, 7) is 4.36. The molecule has 1 aliphatic rings. The number of morpholine rings is 1. The van der Waals surface area contributed by atoms with E-state index in [1.807, 2.05) is 6.92 Å². The van der Waals surface area contributed by atoms with Crippen molar-refractivity contribution in [3.05, 3.63) is 22.5 Å². The maximum atomic E-state index is 11.9. The van der Waals surface area contributed by atoms with Crippen molar-refractivity contribution in [3.8, 4) is 0 Å². The Morgan fingerprint density at radius 3 is 2.67 bits per heavy atom. The Balaban J connectivity index is 2.08. The smallest absolute Gasteiger partial charge is 0.246 e. The van der Waals surface area contributed by atoms with Crippen LogP contribution in [0.4, 0.5) is 0 Å². The van der Waals surface area contributed by atoms with Crippen molar-refractivity contribution >= 4 is 23.6 Å². The van der Waals surface area contributed by atoms with E-state index in [2.05, 4.69) is 5.10 Å². The molecule has 1 aromatic heterocycles. The van der Waals surface area contributed by atoms with Gasteiger partial charge in [-0.1, -0.05) is 11.6 Å². The molecule has 0 saturated carbocycles. The van der Waals surface area contributed by atoms with Crippen molar-refractivity contribution in [2.45, 2.75) is 6.92 Å². The van der Waals surface area contributed by atoms with Gasteiger partial charge in [0.05, 0.1) is 18.9 Å². The molecule has 0 atom stereocenters. The summed E-state index contributed by atoms with van der Waals surface area (Å²) in [4.78, 5) is 13.7. The highest BCUT2D eigenvalue weighted by atomic mass is 35.5. The van der Waals surface area contributed by atoms with Gasteiger partial charge in [0, 0.05) is 31.8 Å². The first-order chi connectivity index (χ1) is 8.59. The molecule has 18 heavy (non-hydrogen) atoms. The van der Waals surface area contributed by atoms with Crippen molar-refractivity contribution in [3.63, 3.8) is 0 Å². The van der Waals surface area contributed by atoms with Gasteiger partial charge >= 0.3 is 0 Å². The Hall–Kier alpha value is -1.33. The Morgan fingerprint density at radius 2 is 2.11 bits per heavy atom. The molecule has 2 rings (SSSR count). The summed E-state index contributed by atoms with van der Waals surface area (Å²) < 4.78 is 6.79. The Morgan fingerprint density at radius 1 is 1.44 bits per heavy atom. The summed E-state index contributed by atoms with van der Waals surface area (Å²) in [7, 11) is 1.77. The number of aryl methyl sites for hydroxylation is 2. The number of carbonyl (C=O) groups is 1. The van der Waals surface area contributed by atoms with Crippen LogP contribution >= 0.6 is 11.6 Å². The second-order valence-corrected chi connectivity index (χ2v) is 4.54. The monoisotopic (exact) mass is 269 g/mol. The molecule has 0 aromatic carbocycles. The van der Waals surface area contributed by atoms with Crippen LogP contribution in [0.1, 0.15) is 11.3 Å². The first-order valence-corrected chi connectivity index (χ1v) is 6.21. The summed E-state index contributed by atoms with van der Waals surface area (Å²) >= 11 is 6.09. The van der Waals surface area contributed by atoms with Crippen LogP contribution in [0, 0.1) is 6.92 Å². The number of halogens is 1. The molecule has 0 N–H and O–H groups in total. The highest BCUT2D eigenvalue weighted by molar-refractivity contribution is 6.31. The molecule has 1 saturated heterocycles. The number of aromatic nitrogens is 2. The summed E-state index contributed by atoms with van der Waals surface area (Å²) in [5, 5.41) is 4.73. The van der Waals surface area contributed by atoms with Gasteiger partial charge in [0.1, 0.15) is 5.15 Å². The standard InChI is InChI=1S/C12H16ClN3O2/c1-9-10(12(13)15(2)14-9)3-4-11(17)16-5-7-18-8-6-16/h3-4H,5-8H2,1-2H3. The first-order valence-electron chi connectivity index (χ1n) is 5.83. The minimum atomic E-state index is -0.0161. The minimum absolute atomic E-state index is 0.0161. The van der Waals surface area contributed by atoms with E-state index in [9.17, 15) is 4.79 Å². The molecular formula is C12H16ClN3O2. The number of ether oxygens (including phenoxy) is 1. The summed E-state index contributed by atoms with van der Waals surface area (Å²) in [5.74, 6) is -0.0161. The molecule has 0 radical (unpaired) electrons. The molecule has 0 bridgehead atoms. The largest absolute Gasteiger partial charge is 0.378 e. The number of hydrogen-bond acceptors (Lipinski definition) is 3. The van der Waals surface area contributed by atoms with Gasteiger partial charge in [-0.15, -0.1) is 0 Å². The van der Waals surface area contributed by atoms with Gasteiger partial charge in [0.25, 0.3) is 0 Å². The molecule has 0 spiro atoms. The topological polar surface area (TPSA) is 47.4 Å². The van der Waals surface area contributed by atoms with E-state index in [-0.39, 0.29) is 5.91 Å². The zero-order valence-corrected chi connectivity index (χ0v) is 11.3. The van der Waals surface area contributed by atoms with Gasteiger partial charge < -0.3 is 9.64 Å². The first kappa shape index (κ1) is 13.1. The number of carbonyl (C=O) groups excluding carboxylic acids is 1. The molecule has 6 heteroatoms. The zero-order valence-electron chi connectivity index (χ0n) is 10.5. The summed E-state index contributed by atoms with van der Waals surface area (Å²) in [6.07, 6.45) is 3.27. The average Bonchev–Trinajstić information content (AvgIpc) is 2.62. The number of rotatable bonds is 2. The quantitative estimate of drug-likeness (QED) is 0.760. The highest BCUT2D eigenvalue weighted by Crippen LogP contribution is 2.20. The van der Waals surface area contributed by atoms with Crippen LogP contribution in [0.5, 0.6) is 0 Å². The molecule has 0 unspecified atom stereocenters. The van der Waals surface area contributed by atoms with Crippen molar-refractivity contribution in [1.82, 2.24) is 14.7 Å². The fourth-order valence-corrected chi connectivity index (χ4v) is 2.12. The number of nitrogens with zero attached hydrogens (tertiary/aromatic N) is 3. The van der Waals surface area contributed by atoms with Crippen molar-refractivity contribution < 1.29 is 9.53 Å². The van der Waals surface area contributed by atoms with Crippen molar-refractivity contribution in [2.75, 3.05) is 26.3 Å². The van der Waals surface area contributed by atoms with Crippen LogP contribution in [0.3, 0.4) is 0 Å². The Labute approximate surface area is 111 Å². The molecule has 2 heterocycles. The number of amides is 1. The normalized spacial score (nSPS) is 16.5. The fourth-order valence-electron chi connectivity index (χ4n) is 1.88. The van der Waals surface area contributed by atoms with E-state index in [0.717, 1.165) is 11.3 Å². The fraction of sp³-hybridized carbons (Fsp3) is 0.500.